The van der Waals surface area contributed by atoms with E-state index in [1.807, 2.05) is 7.05 Å². The largest absolute Gasteiger partial charge is 0.356 e. The zero-order chi connectivity index (χ0) is 15.6. The van der Waals surface area contributed by atoms with Gasteiger partial charge in [0.15, 0.2) is 5.96 Å². The van der Waals surface area contributed by atoms with Crippen LogP contribution in [0.5, 0.6) is 0 Å². The second-order valence-corrected chi connectivity index (χ2v) is 7.96. The van der Waals surface area contributed by atoms with Gasteiger partial charge in [0.05, 0.1) is 0 Å². The highest BCUT2D eigenvalue weighted by Gasteiger charge is 2.48. The van der Waals surface area contributed by atoms with Crippen molar-refractivity contribution in [2.45, 2.75) is 70.9 Å². The van der Waals surface area contributed by atoms with E-state index in [0.717, 1.165) is 18.4 Å². The molecule has 4 heteroatoms. The highest BCUT2D eigenvalue weighted by atomic mass is 15.2. The minimum Gasteiger partial charge on any atom is -0.356 e. The molecule has 0 amide bonds. The van der Waals surface area contributed by atoms with E-state index in [4.69, 9.17) is 0 Å². The van der Waals surface area contributed by atoms with Crippen molar-refractivity contribution in [2.24, 2.45) is 16.3 Å². The third-order valence-electron chi connectivity index (χ3n) is 6.22. The Morgan fingerprint density at radius 3 is 2.32 bits per heavy atom. The summed E-state index contributed by atoms with van der Waals surface area (Å²) < 4.78 is 0. The van der Waals surface area contributed by atoms with Crippen LogP contribution in [0, 0.1) is 11.3 Å². The van der Waals surface area contributed by atoms with Crippen molar-refractivity contribution in [3.8, 4) is 0 Å². The third-order valence-corrected chi connectivity index (χ3v) is 6.22. The Hall–Kier alpha value is -0.770. The van der Waals surface area contributed by atoms with Gasteiger partial charge in [0.25, 0.3) is 0 Å². The lowest BCUT2D eigenvalue weighted by Crippen LogP contribution is -2.52. The quantitative estimate of drug-likeness (QED) is 0.606. The molecular weight excluding hydrogens is 272 g/mol. The summed E-state index contributed by atoms with van der Waals surface area (Å²) in [4.78, 5) is 7.03. The van der Waals surface area contributed by atoms with Gasteiger partial charge in [-0.15, -0.1) is 0 Å². The zero-order valence-electron chi connectivity index (χ0n) is 14.7. The lowest BCUT2D eigenvalue weighted by molar-refractivity contribution is 0.105. The maximum absolute atomic E-state index is 4.46. The molecule has 2 aliphatic carbocycles. The summed E-state index contributed by atoms with van der Waals surface area (Å²) >= 11 is 0. The topological polar surface area (TPSA) is 39.7 Å². The number of hydrogen-bond acceptors (Lipinski definition) is 2. The molecule has 1 aliphatic heterocycles. The Bertz CT molecular complexity index is 388. The molecule has 0 radical (unpaired) electrons. The molecule has 2 N–H and O–H groups in total. The van der Waals surface area contributed by atoms with Crippen LogP contribution < -0.4 is 10.6 Å². The van der Waals surface area contributed by atoms with Crippen LogP contribution >= 0.6 is 0 Å². The molecule has 0 aromatic carbocycles. The van der Waals surface area contributed by atoms with Crippen LogP contribution in [0.4, 0.5) is 0 Å². The van der Waals surface area contributed by atoms with Gasteiger partial charge in [-0.1, -0.05) is 6.42 Å². The first-order chi connectivity index (χ1) is 10.6. The first kappa shape index (κ1) is 16.1. The first-order valence-electron chi connectivity index (χ1n) is 9.34. The molecule has 3 fully saturated rings. The van der Waals surface area contributed by atoms with Crippen molar-refractivity contribution in [3.05, 3.63) is 0 Å². The van der Waals surface area contributed by atoms with E-state index in [-0.39, 0.29) is 0 Å². The molecule has 2 saturated carbocycles. The normalized spacial score (nSPS) is 26.8. The van der Waals surface area contributed by atoms with Gasteiger partial charge < -0.3 is 15.5 Å². The molecule has 0 bridgehead atoms. The predicted molar refractivity (Wildman–Crippen MR) is 93.2 cm³/mol. The molecule has 3 rings (SSSR count). The van der Waals surface area contributed by atoms with Crippen LogP contribution in [-0.2, 0) is 0 Å². The van der Waals surface area contributed by atoms with Crippen LogP contribution in [0.1, 0.15) is 58.8 Å². The number of nitrogens with zero attached hydrogens (tertiary/aromatic N) is 2. The summed E-state index contributed by atoms with van der Waals surface area (Å²) in [6, 6.07) is 1.26. The molecule has 4 nitrogen and oxygen atoms in total. The van der Waals surface area contributed by atoms with Crippen molar-refractivity contribution in [1.82, 2.24) is 15.5 Å². The van der Waals surface area contributed by atoms with E-state index in [2.05, 4.69) is 34.4 Å². The van der Waals surface area contributed by atoms with Crippen molar-refractivity contribution >= 4 is 5.96 Å². The van der Waals surface area contributed by atoms with Crippen LogP contribution in [0.25, 0.3) is 0 Å². The zero-order valence-corrected chi connectivity index (χ0v) is 14.7. The second-order valence-electron chi connectivity index (χ2n) is 7.96. The van der Waals surface area contributed by atoms with Crippen molar-refractivity contribution < 1.29 is 0 Å². The molecule has 0 unspecified atom stereocenters. The van der Waals surface area contributed by atoms with Gasteiger partial charge in [0.1, 0.15) is 0 Å². The highest BCUT2D eigenvalue weighted by Crippen LogP contribution is 2.56. The van der Waals surface area contributed by atoms with E-state index in [9.17, 15) is 0 Å². The van der Waals surface area contributed by atoms with Gasteiger partial charge in [-0.2, -0.15) is 0 Å². The summed E-state index contributed by atoms with van der Waals surface area (Å²) in [7, 11) is 1.91. The van der Waals surface area contributed by atoms with Gasteiger partial charge >= 0.3 is 0 Å². The Labute approximate surface area is 136 Å². The number of likely N-dealkylation sites (tertiary alicyclic amines) is 1. The van der Waals surface area contributed by atoms with Crippen LogP contribution in [0.15, 0.2) is 4.99 Å². The van der Waals surface area contributed by atoms with Gasteiger partial charge in [-0.3, -0.25) is 4.99 Å². The maximum Gasteiger partial charge on any atom is 0.191 e. The fourth-order valence-electron chi connectivity index (χ4n) is 4.26. The second kappa shape index (κ2) is 6.77. The standard InChI is InChI=1S/C18H34N4/c1-14(2)22-11-7-16(8-12-22)21-17(19-3)20-13-18(9-4-10-18)15-5-6-15/h14-16H,4-13H2,1-3H3,(H2,19,20,21). The summed E-state index contributed by atoms with van der Waals surface area (Å²) in [5.74, 6) is 2.02. The molecule has 0 aromatic rings. The summed E-state index contributed by atoms with van der Waals surface area (Å²) in [6.07, 6.45) is 9.66. The Morgan fingerprint density at radius 2 is 1.86 bits per heavy atom. The fraction of sp³-hybridized carbons (Fsp3) is 0.944. The highest BCUT2D eigenvalue weighted by molar-refractivity contribution is 5.80. The summed E-state index contributed by atoms with van der Waals surface area (Å²) in [5.41, 5.74) is 0.610. The van der Waals surface area contributed by atoms with Crippen molar-refractivity contribution in [2.75, 3.05) is 26.7 Å². The van der Waals surface area contributed by atoms with E-state index < -0.39 is 0 Å². The van der Waals surface area contributed by atoms with Gasteiger partial charge in [-0.05, 0) is 63.7 Å². The van der Waals surface area contributed by atoms with Crippen LogP contribution in [0.2, 0.25) is 0 Å². The molecule has 22 heavy (non-hydrogen) atoms. The fourth-order valence-corrected chi connectivity index (χ4v) is 4.26. The number of aliphatic imine (C=N–C) groups is 1. The minimum absolute atomic E-state index is 0.583. The molecule has 1 heterocycles. The molecule has 3 aliphatic rings. The number of nitrogens with one attached hydrogen (secondary N) is 2. The van der Waals surface area contributed by atoms with E-state index in [1.165, 1.54) is 58.0 Å². The lowest BCUT2D eigenvalue weighted by atomic mass is 9.65. The van der Waals surface area contributed by atoms with E-state index in [1.54, 1.807) is 0 Å². The van der Waals surface area contributed by atoms with Gasteiger partial charge in [-0.25, -0.2) is 0 Å². The summed E-state index contributed by atoms with van der Waals surface area (Å²) in [5, 5.41) is 7.30. The molecule has 0 atom stereocenters. The van der Waals surface area contributed by atoms with E-state index in [0.29, 0.717) is 17.5 Å². The number of rotatable bonds is 5. The smallest absolute Gasteiger partial charge is 0.191 e. The monoisotopic (exact) mass is 306 g/mol. The van der Waals surface area contributed by atoms with Gasteiger partial charge in [0, 0.05) is 38.8 Å². The molecular formula is C18H34N4. The Kier molecular flexibility index (Phi) is 4.96. The predicted octanol–water partition coefficient (Wildman–Crippen LogP) is 2.60. The SMILES string of the molecule is CN=C(NCC1(C2CC2)CCC1)NC1CCN(C(C)C)CC1. The van der Waals surface area contributed by atoms with Crippen molar-refractivity contribution in [1.29, 1.82) is 0 Å². The number of guanidine groups is 1. The van der Waals surface area contributed by atoms with Crippen molar-refractivity contribution in [3.63, 3.8) is 0 Å². The molecule has 0 aromatic heterocycles. The first-order valence-corrected chi connectivity index (χ1v) is 9.34. The molecule has 126 valence electrons. The molecule has 0 spiro atoms. The average Bonchev–Trinajstić information content (AvgIpc) is 3.30. The number of hydrogen-bond donors (Lipinski definition) is 2. The van der Waals surface area contributed by atoms with Gasteiger partial charge in [0.2, 0.25) is 0 Å². The third kappa shape index (κ3) is 3.58. The minimum atomic E-state index is 0.583. The molecule has 1 saturated heterocycles. The summed E-state index contributed by atoms with van der Waals surface area (Å²) in [6.45, 7) is 8.13. The maximum atomic E-state index is 4.46. The van der Waals surface area contributed by atoms with E-state index >= 15 is 0 Å². The Balaban J connectivity index is 1.43. The van der Waals surface area contributed by atoms with Crippen LogP contribution in [0.3, 0.4) is 0 Å². The number of piperidine rings is 1. The lowest BCUT2D eigenvalue weighted by Gasteiger charge is -2.43. The average molecular weight is 306 g/mol. The Morgan fingerprint density at radius 1 is 1.18 bits per heavy atom. The van der Waals surface area contributed by atoms with Crippen LogP contribution in [-0.4, -0.2) is 49.6 Å².